The van der Waals surface area contributed by atoms with E-state index in [1.165, 1.54) is 23.8 Å². The molecule has 0 unspecified atom stereocenters. The number of methoxy groups -OCH3 is 1. The first-order chi connectivity index (χ1) is 16.1. The number of esters is 1. The highest BCUT2D eigenvalue weighted by molar-refractivity contribution is 6.33. The van der Waals surface area contributed by atoms with Crippen LogP contribution >= 0.6 is 11.6 Å². The van der Waals surface area contributed by atoms with E-state index in [1.54, 1.807) is 19.1 Å². The maximum absolute atomic E-state index is 13.4. The third-order valence-corrected chi connectivity index (χ3v) is 5.52. The summed E-state index contributed by atoms with van der Waals surface area (Å²) in [5, 5.41) is 0.837. The Hall–Kier alpha value is -3.20. The fourth-order valence-electron chi connectivity index (χ4n) is 3.58. The van der Waals surface area contributed by atoms with E-state index in [0.29, 0.717) is 34.5 Å². The van der Waals surface area contributed by atoms with E-state index in [2.05, 4.69) is 4.74 Å². The molecule has 0 aliphatic rings. The Bertz CT molecular complexity index is 1200. The number of carbonyl (C=O) groups is 2. The Balaban J connectivity index is 2.04. The van der Waals surface area contributed by atoms with E-state index < -0.39 is 24.0 Å². The largest absolute Gasteiger partial charge is 0.573 e. The summed E-state index contributed by atoms with van der Waals surface area (Å²) >= 11 is 6.30. The summed E-state index contributed by atoms with van der Waals surface area (Å²) in [5.74, 6) is -1.02. The number of carbonyl (C=O) groups excluding carboxylic acids is 2. The molecule has 0 amide bonds. The van der Waals surface area contributed by atoms with E-state index in [-0.39, 0.29) is 17.0 Å². The Kier molecular flexibility index (Phi) is 7.76. The van der Waals surface area contributed by atoms with Gasteiger partial charge < -0.3 is 14.2 Å². The van der Waals surface area contributed by atoms with Crippen LogP contribution in [0.3, 0.4) is 0 Å². The van der Waals surface area contributed by atoms with Crippen molar-refractivity contribution in [3.63, 3.8) is 0 Å². The van der Waals surface area contributed by atoms with Gasteiger partial charge >= 0.3 is 12.3 Å². The Morgan fingerprint density at radius 3 is 2.38 bits per heavy atom. The summed E-state index contributed by atoms with van der Waals surface area (Å²) in [6.07, 6.45) is -3.30. The van der Waals surface area contributed by atoms with Gasteiger partial charge in [-0.05, 0) is 55.3 Å². The fourth-order valence-corrected chi connectivity index (χ4v) is 3.81. The van der Waals surface area contributed by atoms with Gasteiger partial charge in [-0.2, -0.15) is 0 Å². The molecule has 10 heteroatoms. The molecule has 1 heterocycles. The molecule has 34 heavy (non-hydrogen) atoms. The third kappa shape index (κ3) is 5.64. The van der Waals surface area contributed by atoms with Gasteiger partial charge in [0.1, 0.15) is 11.5 Å². The number of ether oxygens (including phenoxy) is 3. The van der Waals surface area contributed by atoms with E-state index in [0.717, 1.165) is 25.0 Å². The van der Waals surface area contributed by atoms with Crippen LogP contribution in [0.2, 0.25) is 5.02 Å². The molecule has 2 aromatic carbocycles. The summed E-state index contributed by atoms with van der Waals surface area (Å²) in [7, 11) is 1.45. The van der Waals surface area contributed by atoms with Crippen molar-refractivity contribution in [2.75, 3.05) is 13.7 Å². The minimum atomic E-state index is -4.84. The van der Waals surface area contributed by atoms with Crippen LogP contribution in [0.1, 0.15) is 41.4 Å². The van der Waals surface area contributed by atoms with Crippen LogP contribution < -0.4 is 9.47 Å². The zero-order valence-electron chi connectivity index (χ0n) is 18.8. The van der Waals surface area contributed by atoms with Crippen molar-refractivity contribution in [1.82, 2.24) is 4.57 Å². The maximum atomic E-state index is 13.4. The molecule has 0 atom stereocenters. The molecule has 3 rings (SSSR count). The highest BCUT2D eigenvalue weighted by Crippen LogP contribution is 2.36. The monoisotopic (exact) mass is 497 g/mol. The molecule has 0 bridgehead atoms. The number of nitrogens with zero attached hydrogens (tertiary/aromatic N) is 1. The molecule has 0 saturated carbocycles. The molecule has 182 valence electrons. The van der Waals surface area contributed by atoms with E-state index >= 15 is 0 Å². The lowest BCUT2D eigenvalue weighted by atomic mass is 10.1. The summed E-state index contributed by atoms with van der Waals surface area (Å²) in [6, 6.07) is 7.78. The average molecular weight is 498 g/mol. The normalized spacial score (nSPS) is 11.5. The first-order valence-corrected chi connectivity index (χ1v) is 10.9. The minimum absolute atomic E-state index is 0.0739. The second kappa shape index (κ2) is 10.4. The molecule has 0 N–H and O–H groups in total. The molecule has 0 fully saturated rings. The Morgan fingerprint density at radius 1 is 1.12 bits per heavy atom. The van der Waals surface area contributed by atoms with Crippen molar-refractivity contribution in [2.24, 2.45) is 0 Å². The van der Waals surface area contributed by atoms with Crippen LogP contribution in [-0.2, 0) is 16.0 Å². The molecule has 3 aromatic rings. The molecular formula is C24H23ClF3NO5. The van der Waals surface area contributed by atoms with Crippen molar-refractivity contribution in [3.05, 3.63) is 58.2 Å². The van der Waals surface area contributed by atoms with Gasteiger partial charge in [0.05, 0.1) is 30.7 Å². The number of benzene rings is 2. The second-order valence-electron chi connectivity index (χ2n) is 7.53. The van der Waals surface area contributed by atoms with Gasteiger partial charge in [0, 0.05) is 16.6 Å². The van der Waals surface area contributed by atoms with Crippen LogP contribution in [-0.4, -0.2) is 36.5 Å². The lowest BCUT2D eigenvalue weighted by molar-refractivity contribution is -0.274. The molecule has 0 saturated heterocycles. The number of alkyl halides is 3. The smallest absolute Gasteiger partial charge is 0.495 e. The van der Waals surface area contributed by atoms with Crippen molar-refractivity contribution >= 4 is 34.4 Å². The summed E-state index contributed by atoms with van der Waals surface area (Å²) in [4.78, 5) is 25.8. The van der Waals surface area contributed by atoms with Crippen LogP contribution in [0.25, 0.3) is 10.9 Å². The predicted molar refractivity (Wildman–Crippen MR) is 121 cm³/mol. The molecule has 0 radical (unpaired) electrons. The summed E-state index contributed by atoms with van der Waals surface area (Å²) < 4.78 is 53.1. The highest BCUT2D eigenvalue weighted by Gasteiger charge is 2.31. The standard InChI is InChI=1S/C24H23ClF3NO5/c1-4-5-10-33-22(30)12-17-14(2)29(20-13-19(25)21(32-3)11-18(17)20)23(31)15-6-8-16(9-7-15)34-24(26,27)28/h6-9,11,13H,4-5,10,12H2,1-3H3. The van der Waals surface area contributed by atoms with E-state index in [9.17, 15) is 22.8 Å². The topological polar surface area (TPSA) is 66.8 Å². The first-order valence-electron chi connectivity index (χ1n) is 10.5. The number of halogens is 4. The van der Waals surface area contributed by atoms with Crippen molar-refractivity contribution < 1.29 is 37.0 Å². The quantitative estimate of drug-likeness (QED) is 0.278. The molecule has 0 aliphatic carbocycles. The molecule has 1 aromatic heterocycles. The summed E-state index contributed by atoms with van der Waals surface area (Å²) in [6.45, 7) is 3.95. The third-order valence-electron chi connectivity index (χ3n) is 5.23. The maximum Gasteiger partial charge on any atom is 0.573 e. The van der Waals surface area contributed by atoms with Gasteiger partial charge in [0.25, 0.3) is 5.91 Å². The van der Waals surface area contributed by atoms with E-state index in [4.69, 9.17) is 21.1 Å². The lowest BCUT2D eigenvalue weighted by Crippen LogP contribution is -2.17. The number of hydrogen-bond acceptors (Lipinski definition) is 5. The molecule has 0 aliphatic heterocycles. The van der Waals surface area contributed by atoms with Crippen molar-refractivity contribution in [3.8, 4) is 11.5 Å². The predicted octanol–water partition coefficient (Wildman–Crippen LogP) is 6.08. The number of fused-ring (bicyclic) bond motifs is 1. The zero-order valence-corrected chi connectivity index (χ0v) is 19.5. The van der Waals surface area contributed by atoms with Gasteiger partial charge in [0.15, 0.2) is 0 Å². The van der Waals surface area contributed by atoms with E-state index in [1.807, 2.05) is 6.92 Å². The number of unbranched alkanes of at least 4 members (excludes halogenated alkanes) is 1. The van der Waals surface area contributed by atoms with Gasteiger partial charge in [-0.1, -0.05) is 24.9 Å². The van der Waals surface area contributed by atoms with Gasteiger partial charge in [-0.3, -0.25) is 14.2 Å². The molecular weight excluding hydrogens is 475 g/mol. The van der Waals surface area contributed by atoms with Gasteiger partial charge in [-0.25, -0.2) is 0 Å². The Labute approximate surface area is 199 Å². The van der Waals surface area contributed by atoms with Crippen molar-refractivity contribution in [1.29, 1.82) is 0 Å². The van der Waals surface area contributed by atoms with Crippen LogP contribution in [0, 0.1) is 6.92 Å². The highest BCUT2D eigenvalue weighted by atomic mass is 35.5. The summed E-state index contributed by atoms with van der Waals surface area (Å²) in [5.41, 5.74) is 1.60. The van der Waals surface area contributed by atoms with Crippen molar-refractivity contribution in [2.45, 2.75) is 39.5 Å². The number of hydrogen-bond donors (Lipinski definition) is 0. The SMILES string of the molecule is CCCCOC(=O)Cc1c(C)n(C(=O)c2ccc(OC(F)(F)F)cc2)c2cc(Cl)c(OC)cc12. The fraction of sp³-hybridized carbons (Fsp3) is 0.333. The van der Waals surface area contributed by atoms with Crippen LogP contribution in [0.5, 0.6) is 11.5 Å². The second-order valence-corrected chi connectivity index (χ2v) is 7.94. The minimum Gasteiger partial charge on any atom is -0.495 e. The lowest BCUT2D eigenvalue weighted by Gasteiger charge is -2.11. The zero-order chi connectivity index (χ0) is 25.0. The Morgan fingerprint density at radius 2 is 1.79 bits per heavy atom. The van der Waals surface area contributed by atoms with Gasteiger partial charge in [0.2, 0.25) is 0 Å². The average Bonchev–Trinajstić information content (AvgIpc) is 3.02. The van der Waals surface area contributed by atoms with Gasteiger partial charge in [-0.15, -0.1) is 13.2 Å². The van der Waals surface area contributed by atoms with Crippen LogP contribution in [0.15, 0.2) is 36.4 Å². The number of rotatable bonds is 8. The van der Waals surface area contributed by atoms with Crippen LogP contribution in [0.4, 0.5) is 13.2 Å². The number of aromatic nitrogens is 1. The first kappa shape index (κ1) is 25.4. The molecule has 6 nitrogen and oxygen atoms in total. The molecule has 0 spiro atoms.